The molecule has 0 amide bonds. The van der Waals surface area contributed by atoms with Crippen molar-refractivity contribution in [2.24, 2.45) is 0 Å². The largest absolute Gasteiger partial charge is 0.489 e. The zero-order valence-corrected chi connectivity index (χ0v) is 10.1. The van der Waals surface area contributed by atoms with E-state index in [-0.39, 0.29) is 0 Å². The number of hydrogen-bond acceptors (Lipinski definition) is 3. The second-order valence-electron chi connectivity index (χ2n) is 4.99. The highest BCUT2D eigenvalue weighted by atomic mass is 16.5. The highest BCUT2D eigenvalue weighted by Gasteiger charge is 2.19. The van der Waals surface area contributed by atoms with Crippen LogP contribution in [0.3, 0.4) is 0 Å². The van der Waals surface area contributed by atoms with Gasteiger partial charge in [0.05, 0.1) is 0 Å². The van der Waals surface area contributed by atoms with Gasteiger partial charge in [0.15, 0.2) is 0 Å². The second-order valence-corrected chi connectivity index (χ2v) is 4.99. The first-order chi connectivity index (χ1) is 8.42. The highest BCUT2D eigenvalue weighted by Crippen LogP contribution is 2.26. The maximum Gasteiger partial charge on any atom is 0.120 e. The first-order valence-electron chi connectivity index (χ1n) is 6.60. The Morgan fingerprint density at radius 2 is 1.94 bits per heavy atom. The minimum Gasteiger partial charge on any atom is -0.489 e. The fourth-order valence-electron chi connectivity index (χ4n) is 2.70. The summed E-state index contributed by atoms with van der Waals surface area (Å²) >= 11 is 0. The van der Waals surface area contributed by atoms with E-state index >= 15 is 0 Å². The molecule has 2 fully saturated rings. The lowest BCUT2D eigenvalue weighted by molar-refractivity contribution is 0.223. The summed E-state index contributed by atoms with van der Waals surface area (Å²) in [6.45, 7) is 4.31. The number of rotatable bonds is 3. The van der Waals surface area contributed by atoms with Crippen LogP contribution in [0.15, 0.2) is 24.3 Å². The molecule has 0 bridgehead atoms. The molecule has 2 saturated heterocycles. The van der Waals surface area contributed by atoms with Gasteiger partial charge in [-0.1, -0.05) is 12.1 Å². The van der Waals surface area contributed by atoms with Crippen molar-refractivity contribution in [3.8, 4) is 5.75 Å². The first-order valence-corrected chi connectivity index (χ1v) is 6.60. The standard InChI is InChI=1S/C14H20N2O/c1-2-11(12-4-6-15-9-12)8-13(3-1)17-14-5-7-16-10-14/h1-3,8,12,14-16H,4-7,9-10H2. The molecule has 1 aromatic rings. The predicted octanol–water partition coefficient (Wildman–Crippen LogP) is 1.50. The Kier molecular flexibility index (Phi) is 3.29. The lowest BCUT2D eigenvalue weighted by Gasteiger charge is -2.15. The summed E-state index contributed by atoms with van der Waals surface area (Å²) < 4.78 is 5.99. The third-order valence-electron chi connectivity index (χ3n) is 3.71. The number of nitrogens with one attached hydrogen (secondary N) is 2. The van der Waals surface area contributed by atoms with Gasteiger partial charge in [-0.25, -0.2) is 0 Å². The van der Waals surface area contributed by atoms with E-state index < -0.39 is 0 Å². The summed E-state index contributed by atoms with van der Waals surface area (Å²) in [5.41, 5.74) is 1.42. The molecule has 2 unspecified atom stereocenters. The molecule has 2 aliphatic heterocycles. The molecule has 2 atom stereocenters. The molecule has 2 aliphatic rings. The van der Waals surface area contributed by atoms with Gasteiger partial charge in [0, 0.05) is 13.1 Å². The minimum absolute atomic E-state index is 0.354. The molecule has 17 heavy (non-hydrogen) atoms. The summed E-state index contributed by atoms with van der Waals surface area (Å²) in [6.07, 6.45) is 2.72. The molecule has 3 rings (SSSR count). The van der Waals surface area contributed by atoms with Crippen LogP contribution in [0.1, 0.15) is 24.3 Å². The molecule has 1 aromatic carbocycles. The maximum absolute atomic E-state index is 5.99. The lowest BCUT2D eigenvalue weighted by Crippen LogP contribution is -2.19. The highest BCUT2D eigenvalue weighted by molar-refractivity contribution is 5.31. The predicted molar refractivity (Wildman–Crippen MR) is 68.6 cm³/mol. The van der Waals surface area contributed by atoms with Crippen molar-refractivity contribution in [3.63, 3.8) is 0 Å². The van der Waals surface area contributed by atoms with E-state index in [2.05, 4.69) is 34.9 Å². The summed E-state index contributed by atoms with van der Waals surface area (Å²) in [5, 5.41) is 6.74. The Bertz CT molecular complexity index is 368. The van der Waals surface area contributed by atoms with Gasteiger partial charge in [0.25, 0.3) is 0 Å². The Hall–Kier alpha value is -1.06. The first kappa shape index (κ1) is 11.1. The van der Waals surface area contributed by atoms with Crippen LogP contribution in [0, 0.1) is 0 Å². The fraction of sp³-hybridized carbons (Fsp3) is 0.571. The van der Waals surface area contributed by atoms with E-state index in [9.17, 15) is 0 Å². The molecule has 2 N–H and O–H groups in total. The van der Waals surface area contributed by atoms with Crippen LogP contribution in [0.5, 0.6) is 5.75 Å². The Labute approximate surface area is 103 Å². The average molecular weight is 232 g/mol. The molecule has 0 saturated carbocycles. The minimum atomic E-state index is 0.354. The Morgan fingerprint density at radius 3 is 2.71 bits per heavy atom. The van der Waals surface area contributed by atoms with E-state index in [0.717, 1.165) is 38.3 Å². The van der Waals surface area contributed by atoms with Crippen LogP contribution in [0.4, 0.5) is 0 Å². The van der Waals surface area contributed by atoms with Crippen molar-refractivity contribution in [1.29, 1.82) is 0 Å². The Balaban J connectivity index is 1.69. The van der Waals surface area contributed by atoms with Gasteiger partial charge in [-0.05, 0) is 49.5 Å². The Morgan fingerprint density at radius 1 is 1.06 bits per heavy atom. The number of hydrogen-bond donors (Lipinski definition) is 2. The molecule has 2 heterocycles. The molecular weight excluding hydrogens is 212 g/mol. The zero-order chi connectivity index (χ0) is 11.5. The van der Waals surface area contributed by atoms with E-state index in [0.29, 0.717) is 12.0 Å². The van der Waals surface area contributed by atoms with Crippen molar-refractivity contribution in [1.82, 2.24) is 10.6 Å². The number of benzene rings is 1. The normalized spacial score (nSPS) is 28.5. The summed E-state index contributed by atoms with van der Waals surface area (Å²) in [5.74, 6) is 1.70. The monoisotopic (exact) mass is 232 g/mol. The van der Waals surface area contributed by atoms with Gasteiger partial charge < -0.3 is 15.4 Å². The van der Waals surface area contributed by atoms with E-state index in [4.69, 9.17) is 4.74 Å². The van der Waals surface area contributed by atoms with Crippen LogP contribution < -0.4 is 15.4 Å². The van der Waals surface area contributed by atoms with Crippen LogP contribution in [0.25, 0.3) is 0 Å². The summed E-state index contributed by atoms with van der Waals surface area (Å²) in [7, 11) is 0. The quantitative estimate of drug-likeness (QED) is 0.828. The van der Waals surface area contributed by atoms with Gasteiger partial charge in [0.1, 0.15) is 11.9 Å². The molecule has 92 valence electrons. The van der Waals surface area contributed by atoms with E-state index in [1.165, 1.54) is 12.0 Å². The molecule has 0 aromatic heterocycles. The van der Waals surface area contributed by atoms with Gasteiger partial charge in [0.2, 0.25) is 0 Å². The van der Waals surface area contributed by atoms with Crippen molar-refractivity contribution >= 4 is 0 Å². The average Bonchev–Trinajstić information content (AvgIpc) is 3.01. The molecule has 0 radical (unpaired) electrons. The van der Waals surface area contributed by atoms with Gasteiger partial charge in [-0.15, -0.1) is 0 Å². The SMILES string of the molecule is c1cc(OC2CCNC2)cc(C2CCNC2)c1. The van der Waals surface area contributed by atoms with Crippen LogP contribution in [-0.4, -0.2) is 32.3 Å². The van der Waals surface area contributed by atoms with Crippen molar-refractivity contribution < 1.29 is 4.74 Å². The van der Waals surface area contributed by atoms with Gasteiger partial charge in [-0.3, -0.25) is 0 Å². The maximum atomic E-state index is 5.99. The molecule has 0 spiro atoms. The van der Waals surface area contributed by atoms with Crippen LogP contribution in [-0.2, 0) is 0 Å². The number of ether oxygens (including phenoxy) is 1. The van der Waals surface area contributed by atoms with Crippen molar-refractivity contribution in [2.45, 2.75) is 24.9 Å². The zero-order valence-electron chi connectivity index (χ0n) is 10.1. The fourth-order valence-corrected chi connectivity index (χ4v) is 2.70. The van der Waals surface area contributed by atoms with Crippen molar-refractivity contribution in [3.05, 3.63) is 29.8 Å². The van der Waals surface area contributed by atoms with Crippen molar-refractivity contribution in [2.75, 3.05) is 26.2 Å². The van der Waals surface area contributed by atoms with Gasteiger partial charge >= 0.3 is 0 Å². The smallest absolute Gasteiger partial charge is 0.120 e. The van der Waals surface area contributed by atoms with Crippen LogP contribution in [0.2, 0.25) is 0 Å². The summed E-state index contributed by atoms with van der Waals surface area (Å²) in [6, 6.07) is 8.63. The molecular formula is C14H20N2O. The molecule has 0 aliphatic carbocycles. The van der Waals surface area contributed by atoms with Crippen LogP contribution >= 0.6 is 0 Å². The lowest BCUT2D eigenvalue weighted by atomic mass is 9.98. The third kappa shape index (κ3) is 2.61. The van der Waals surface area contributed by atoms with E-state index in [1.54, 1.807) is 0 Å². The molecule has 3 nitrogen and oxygen atoms in total. The summed E-state index contributed by atoms with van der Waals surface area (Å²) in [4.78, 5) is 0. The van der Waals surface area contributed by atoms with E-state index in [1.807, 2.05) is 0 Å². The molecule has 3 heteroatoms. The van der Waals surface area contributed by atoms with Gasteiger partial charge in [-0.2, -0.15) is 0 Å². The third-order valence-corrected chi connectivity index (χ3v) is 3.71. The second kappa shape index (κ2) is 5.07. The topological polar surface area (TPSA) is 33.3 Å².